The van der Waals surface area contributed by atoms with Crippen molar-refractivity contribution in [3.05, 3.63) is 21.8 Å². The molecule has 1 heterocycles. The first-order valence-electron chi connectivity index (χ1n) is 5.61. The minimum absolute atomic E-state index is 0.0413. The van der Waals surface area contributed by atoms with Crippen LogP contribution in [0.15, 0.2) is 16.7 Å². The molecule has 102 valence electrons. The molecule has 1 aromatic heterocycles. The van der Waals surface area contributed by atoms with Crippen molar-refractivity contribution in [3.63, 3.8) is 0 Å². The van der Waals surface area contributed by atoms with Crippen LogP contribution in [0.2, 0.25) is 5.02 Å². The summed E-state index contributed by atoms with van der Waals surface area (Å²) < 4.78 is 12.4. The normalized spacial score (nSPS) is 10.7. The Morgan fingerprint density at radius 2 is 2.32 bits per heavy atom. The number of esters is 1. The Bertz CT molecular complexity index is 627. The van der Waals surface area contributed by atoms with Gasteiger partial charge in [-0.1, -0.05) is 11.6 Å². The summed E-state index contributed by atoms with van der Waals surface area (Å²) in [4.78, 5) is 11.4. The van der Waals surface area contributed by atoms with E-state index in [0.29, 0.717) is 27.4 Å². The zero-order valence-corrected chi connectivity index (χ0v) is 12.8. The largest absolute Gasteiger partial charge is 0.493 e. The molecule has 0 bridgehead atoms. The smallest absolute Gasteiger partial charge is 0.327 e. The molecule has 0 atom stereocenters. The van der Waals surface area contributed by atoms with Gasteiger partial charge < -0.3 is 9.47 Å². The van der Waals surface area contributed by atoms with Gasteiger partial charge in [-0.2, -0.15) is 5.10 Å². The van der Waals surface area contributed by atoms with E-state index in [1.54, 1.807) is 26.3 Å². The van der Waals surface area contributed by atoms with Crippen molar-refractivity contribution in [1.82, 2.24) is 9.78 Å². The van der Waals surface area contributed by atoms with E-state index in [0.717, 1.165) is 5.39 Å². The lowest BCUT2D eigenvalue weighted by atomic mass is 10.2. The zero-order chi connectivity index (χ0) is 14.0. The Balaban J connectivity index is 2.45. The summed E-state index contributed by atoms with van der Waals surface area (Å²) in [5.41, 5.74) is 0.603. The van der Waals surface area contributed by atoms with Crippen LogP contribution in [0.5, 0.6) is 5.75 Å². The van der Waals surface area contributed by atoms with Gasteiger partial charge in [0.25, 0.3) is 0 Å². The number of carbonyl (C=O) groups excluding carboxylic acids is 1. The predicted octanol–water partition coefficient (Wildman–Crippen LogP) is 3.02. The molecule has 7 heteroatoms. The van der Waals surface area contributed by atoms with Gasteiger partial charge in [0.05, 0.1) is 23.2 Å². The highest BCUT2D eigenvalue weighted by Gasteiger charge is 2.15. The number of methoxy groups -OCH3 is 1. The van der Waals surface area contributed by atoms with Crippen molar-refractivity contribution < 1.29 is 14.3 Å². The molecule has 0 radical (unpaired) electrons. The number of hydrogen-bond donors (Lipinski definition) is 0. The maximum Gasteiger partial charge on any atom is 0.327 e. The van der Waals surface area contributed by atoms with Crippen LogP contribution < -0.4 is 4.74 Å². The van der Waals surface area contributed by atoms with E-state index >= 15 is 0 Å². The Morgan fingerprint density at radius 1 is 1.58 bits per heavy atom. The quantitative estimate of drug-likeness (QED) is 0.798. The van der Waals surface area contributed by atoms with Crippen LogP contribution in [0, 0.1) is 0 Å². The number of ether oxygens (including phenoxy) is 2. The van der Waals surface area contributed by atoms with E-state index < -0.39 is 0 Å². The van der Waals surface area contributed by atoms with Crippen LogP contribution in [0.3, 0.4) is 0 Å². The number of fused-ring (bicyclic) bond motifs is 1. The predicted molar refractivity (Wildman–Crippen MR) is 75.6 cm³/mol. The average Bonchev–Trinajstić information content (AvgIpc) is 2.73. The summed E-state index contributed by atoms with van der Waals surface area (Å²) in [5.74, 6) is 0.242. The highest BCUT2D eigenvalue weighted by molar-refractivity contribution is 9.10. The van der Waals surface area contributed by atoms with Crippen LogP contribution >= 0.6 is 27.5 Å². The van der Waals surface area contributed by atoms with E-state index in [1.807, 2.05) is 0 Å². The van der Waals surface area contributed by atoms with Crippen molar-refractivity contribution in [3.8, 4) is 5.75 Å². The molecule has 0 saturated heterocycles. The molecule has 0 spiro atoms. The second-order valence-electron chi connectivity index (χ2n) is 3.77. The fourth-order valence-corrected chi connectivity index (χ4v) is 2.70. The maximum absolute atomic E-state index is 11.4. The molecular formula is C12H12BrClN2O3. The van der Waals surface area contributed by atoms with Gasteiger partial charge in [0.1, 0.15) is 12.1 Å². The second-order valence-corrected chi connectivity index (χ2v) is 5.03. The summed E-state index contributed by atoms with van der Waals surface area (Å²) in [6.07, 6.45) is 1.70. The first kappa shape index (κ1) is 14.1. The lowest BCUT2D eigenvalue weighted by Crippen LogP contribution is -2.13. The third kappa shape index (κ3) is 2.84. The number of rotatable bonds is 4. The fourth-order valence-electron chi connectivity index (χ4n) is 1.75. The topological polar surface area (TPSA) is 53.4 Å². The van der Waals surface area contributed by atoms with Crippen molar-refractivity contribution in [2.45, 2.75) is 13.5 Å². The van der Waals surface area contributed by atoms with E-state index in [9.17, 15) is 4.79 Å². The van der Waals surface area contributed by atoms with Gasteiger partial charge in [-0.05, 0) is 28.9 Å². The highest BCUT2D eigenvalue weighted by Crippen LogP contribution is 2.37. The minimum atomic E-state index is -0.343. The van der Waals surface area contributed by atoms with Crippen molar-refractivity contribution in [2.75, 3.05) is 13.7 Å². The molecule has 1 aromatic carbocycles. The molecule has 0 unspecified atom stereocenters. The lowest BCUT2D eigenvalue weighted by Gasteiger charge is -2.04. The van der Waals surface area contributed by atoms with E-state index in [1.165, 1.54) is 4.68 Å². The number of carbonyl (C=O) groups is 1. The van der Waals surface area contributed by atoms with Crippen LogP contribution in [0.4, 0.5) is 0 Å². The molecule has 0 saturated carbocycles. The molecule has 0 aliphatic carbocycles. The third-order valence-electron chi connectivity index (χ3n) is 2.50. The highest BCUT2D eigenvalue weighted by atomic mass is 79.9. The van der Waals surface area contributed by atoms with E-state index in [2.05, 4.69) is 21.0 Å². The summed E-state index contributed by atoms with van der Waals surface area (Å²) >= 11 is 9.51. The number of benzene rings is 1. The minimum Gasteiger partial charge on any atom is -0.493 e. The van der Waals surface area contributed by atoms with Gasteiger partial charge in [-0.15, -0.1) is 0 Å². The van der Waals surface area contributed by atoms with Crippen molar-refractivity contribution >= 4 is 44.4 Å². The summed E-state index contributed by atoms with van der Waals surface area (Å²) in [7, 11) is 1.55. The van der Waals surface area contributed by atoms with Gasteiger partial charge in [0.15, 0.2) is 5.75 Å². The van der Waals surface area contributed by atoms with Crippen LogP contribution in [0.25, 0.3) is 10.9 Å². The summed E-state index contributed by atoms with van der Waals surface area (Å²) in [5, 5.41) is 5.57. The van der Waals surface area contributed by atoms with Gasteiger partial charge in [-0.3, -0.25) is 9.48 Å². The van der Waals surface area contributed by atoms with Crippen molar-refractivity contribution in [1.29, 1.82) is 0 Å². The number of aromatic nitrogens is 2. The van der Waals surface area contributed by atoms with Gasteiger partial charge in [0.2, 0.25) is 0 Å². The number of nitrogens with zero attached hydrogens (tertiary/aromatic N) is 2. The average molecular weight is 348 g/mol. The summed E-state index contributed by atoms with van der Waals surface area (Å²) in [6.45, 7) is 2.14. The molecule has 0 aliphatic heterocycles. The fraction of sp³-hybridized carbons (Fsp3) is 0.333. The molecule has 0 aliphatic rings. The zero-order valence-electron chi connectivity index (χ0n) is 10.4. The van der Waals surface area contributed by atoms with Crippen LogP contribution in [-0.4, -0.2) is 29.5 Å². The molecule has 2 aromatic rings. The molecular weight excluding hydrogens is 336 g/mol. The Hall–Kier alpha value is -1.27. The third-order valence-corrected chi connectivity index (χ3v) is 3.41. The van der Waals surface area contributed by atoms with Gasteiger partial charge in [-0.25, -0.2) is 0 Å². The number of halogens is 2. The molecule has 0 N–H and O–H groups in total. The molecule has 5 nitrogen and oxygen atoms in total. The first-order valence-corrected chi connectivity index (χ1v) is 6.78. The molecule has 0 fully saturated rings. The lowest BCUT2D eigenvalue weighted by molar-refractivity contribution is -0.144. The maximum atomic E-state index is 11.4. The van der Waals surface area contributed by atoms with E-state index in [4.69, 9.17) is 21.1 Å². The molecule has 19 heavy (non-hydrogen) atoms. The Morgan fingerprint density at radius 3 is 2.95 bits per heavy atom. The first-order chi connectivity index (χ1) is 9.06. The summed E-state index contributed by atoms with van der Waals surface area (Å²) in [6, 6.07) is 1.74. The Labute approximate surface area is 123 Å². The number of hydrogen-bond acceptors (Lipinski definition) is 4. The second kappa shape index (κ2) is 5.79. The Kier molecular flexibility index (Phi) is 4.31. The molecule has 2 rings (SSSR count). The van der Waals surface area contributed by atoms with E-state index in [-0.39, 0.29) is 12.5 Å². The standard InChI is InChI=1S/C12H12BrClN2O3/c1-3-19-10(17)6-16-5-7-9(14)4-8(13)12(18-2)11(7)15-16/h4-5H,3,6H2,1-2H3. The van der Waals surface area contributed by atoms with Crippen LogP contribution in [0.1, 0.15) is 6.92 Å². The molecule has 0 amide bonds. The van der Waals surface area contributed by atoms with Gasteiger partial charge >= 0.3 is 5.97 Å². The van der Waals surface area contributed by atoms with Crippen LogP contribution in [-0.2, 0) is 16.1 Å². The van der Waals surface area contributed by atoms with Gasteiger partial charge in [0, 0.05) is 11.6 Å². The SMILES string of the molecule is CCOC(=O)Cn1cc2c(Cl)cc(Br)c(OC)c2n1. The van der Waals surface area contributed by atoms with Crippen molar-refractivity contribution in [2.24, 2.45) is 0 Å². The monoisotopic (exact) mass is 346 g/mol.